The molecule has 1 heterocycles. The number of aliphatic hydroxyl groups excluding tert-OH is 1. The summed E-state index contributed by atoms with van der Waals surface area (Å²) in [5, 5.41) is 16.4. The van der Waals surface area contributed by atoms with Crippen molar-refractivity contribution >= 4 is 5.96 Å². The van der Waals surface area contributed by atoms with Crippen molar-refractivity contribution in [2.24, 2.45) is 4.99 Å². The zero-order chi connectivity index (χ0) is 16.9. The average Bonchev–Trinajstić information content (AvgIpc) is 2.53. The third-order valence-corrected chi connectivity index (χ3v) is 4.43. The molecule has 0 aromatic carbocycles. The van der Waals surface area contributed by atoms with E-state index in [4.69, 9.17) is 4.99 Å². The van der Waals surface area contributed by atoms with E-state index in [0.29, 0.717) is 6.04 Å². The van der Waals surface area contributed by atoms with Crippen molar-refractivity contribution in [1.29, 1.82) is 0 Å². The standard InChI is InChI=1S/C18H38N4O/c1-4-6-7-9-16(3)21-18(19-5-2)20-12-8-13-22-14-10-17(23)11-15-22/h16-17,23H,4-15H2,1-3H3,(H2,19,20,21). The Morgan fingerprint density at radius 2 is 1.96 bits per heavy atom. The SMILES string of the molecule is CCCCCC(C)NC(=NCCCN1CCC(O)CC1)NCC. The van der Waals surface area contributed by atoms with Crippen LogP contribution >= 0.6 is 0 Å². The predicted octanol–water partition coefficient (Wildman–Crippen LogP) is 2.36. The summed E-state index contributed by atoms with van der Waals surface area (Å²) < 4.78 is 0. The zero-order valence-corrected chi connectivity index (χ0v) is 15.5. The second kappa shape index (κ2) is 12.6. The maximum atomic E-state index is 9.53. The van der Waals surface area contributed by atoms with Gasteiger partial charge < -0.3 is 20.6 Å². The number of rotatable bonds is 10. The van der Waals surface area contributed by atoms with Crippen LogP contribution in [0.3, 0.4) is 0 Å². The van der Waals surface area contributed by atoms with Gasteiger partial charge in [-0.1, -0.05) is 26.2 Å². The Kier molecular flexibility index (Phi) is 11.1. The minimum absolute atomic E-state index is 0.0805. The molecule has 0 aromatic heterocycles. The fourth-order valence-electron chi connectivity index (χ4n) is 2.95. The highest BCUT2D eigenvalue weighted by Crippen LogP contribution is 2.09. The van der Waals surface area contributed by atoms with Crippen LogP contribution in [0.15, 0.2) is 4.99 Å². The molecular formula is C18H38N4O. The van der Waals surface area contributed by atoms with Crippen molar-refractivity contribution in [1.82, 2.24) is 15.5 Å². The highest BCUT2D eigenvalue weighted by atomic mass is 16.3. The van der Waals surface area contributed by atoms with Crippen LogP contribution in [0.4, 0.5) is 0 Å². The van der Waals surface area contributed by atoms with E-state index in [1.54, 1.807) is 0 Å². The lowest BCUT2D eigenvalue weighted by molar-refractivity contribution is 0.0824. The number of nitrogens with zero attached hydrogens (tertiary/aromatic N) is 2. The Morgan fingerprint density at radius 3 is 2.61 bits per heavy atom. The van der Waals surface area contributed by atoms with Gasteiger partial charge in [0.25, 0.3) is 0 Å². The third kappa shape index (κ3) is 9.82. The third-order valence-electron chi connectivity index (χ3n) is 4.43. The Bertz CT molecular complexity index is 314. The molecule has 5 nitrogen and oxygen atoms in total. The summed E-state index contributed by atoms with van der Waals surface area (Å²) in [5.41, 5.74) is 0. The number of hydrogen-bond acceptors (Lipinski definition) is 3. The molecule has 0 spiro atoms. The van der Waals surface area contributed by atoms with Crippen LogP contribution in [0.5, 0.6) is 0 Å². The van der Waals surface area contributed by atoms with Crippen LogP contribution in [-0.4, -0.2) is 60.8 Å². The molecule has 1 atom stereocenters. The molecule has 1 unspecified atom stereocenters. The highest BCUT2D eigenvalue weighted by Gasteiger charge is 2.15. The summed E-state index contributed by atoms with van der Waals surface area (Å²) in [6, 6.07) is 0.475. The van der Waals surface area contributed by atoms with Gasteiger partial charge in [0.05, 0.1) is 6.10 Å². The molecule has 23 heavy (non-hydrogen) atoms. The van der Waals surface area contributed by atoms with E-state index in [0.717, 1.165) is 57.9 Å². The molecular weight excluding hydrogens is 288 g/mol. The normalized spacial score (nSPS) is 18.9. The first kappa shape index (κ1) is 20.2. The van der Waals surface area contributed by atoms with E-state index >= 15 is 0 Å². The molecule has 0 aliphatic carbocycles. The van der Waals surface area contributed by atoms with Crippen LogP contribution in [-0.2, 0) is 0 Å². The van der Waals surface area contributed by atoms with Gasteiger partial charge in [0.15, 0.2) is 5.96 Å². The van der Waals surface area contributed by atoms with Crippen molar-refractivity contribution in [3.8, 4) is 0 Å². The van der Waals surface area contributed by atoms with Gasteiger partial charge in [-0.3, -0.25) is 4.99 Å². The molecule has 0 radical (unpaired) electrons. The fourth-order valence-corrected chi connectivity index (χ4v) is 2.95. The summed E-state index contributed by atoms with van der Waals surface area (Å²) in [6.45, 7) is 11.5. The van der Waals surface area contributed by atoms with Gasteiger partial charge in [0, 0.05) is 32.2 Å². The van der Waals surface area contributed by atoms with Crippen LogP contribution in [0, 0.1) is 0 Å². The lowest BCUT2D eigenvalue weighted by atomic mass is 10.1. The molecule has 5 heteroatoms. The summed E-state index contributed by atoms with van der Waals surface area (Å²) >= 11 is 0. The van der Waals surface area contributed by atoms with Crippen molar-refractivity contribution < 1.29 is 5.11 Å². The average molecular weight is 327 g/mol. The first-order chi connectivity index (χ1) is 11.2. The first-order valence-corrected chi connectivity index (χ1v) is 9.61. The van der Waals surface area contributed by atoms with E-state index in [-0.39, 0.29) is 6.10 Å². The van der Waals surface area contributed by atoms with Crippen LogP contribution < -0.4 is 10.6 Å². The van der Waals surface area contributed by atoms with E-state index < -0.39 is 0 Å². The number of likely N-dealkylation sites (tertiary alicyclic amines) is 1. The summed E-state index contributed by atoms with van der Waals surface area (Å²) in [5.74, 6) is 0.950. The smallest absolute Gasteiger partial charge is 0.191 e. The summed E-state index contributed by atoms with van der Waals surface area (Å²) in [4.78, 5) is 7.14. The number of hydrogen-bond donors (Lipinski definition) is 3. The molecule has 1 fully saturated rings. The Balaban J connectivity index is 2.22. The number of piperidine rings is 1. The van der Waals surface area contributed by atoms with E-state index in [1.165, 1.54) is 25.7 Å². The summed E-state index contributed by atoms with van der Waals surface area (Å²) in [7, 11) is 0. The van der Waals surface area contributed by atoms with Crippen molar-refractivity contribution in [3.05, 3.63) is 0 Å². The van der Waals surface area contributed by atoms with Gasteiger partial charge in [-0.25, -0.2) is 0 Å². The van der Waals surface area contributed by atoms with Gasteiger partial charge in [-0.15, -0.1) is 0 Å². The van der Waals surface area contributed by atoms with E-state index in [2.05, 4.69) is 36.3 Å². The molecule has 0 bridgehead atoms. The molecule has 0 aromatic rings. The second-order valence-corrected chi connectivity index (χ2v) is 6.73. The number of nitrogens with one attached hydrogen (secondary N) is 2. The maximum absolute atomic E-state index is 9.53. The van der Waals surface area contributed by atoms with Crippen LogP contribution in [0.2, 0.25) is 0 Å². The molecule has 0 saturated carbocycles. The summed E-state index contributed by atoms with van der Waals surface area (Å²) in [6.07, 6.45) is 7.91. The number of aliphatic imine (C=N–C) groups is 1. The highest BCUT2D eigenvalue weighted by molar-refractivity contribution is 5.79. The van der Waals surface area contributed by atoms with Crippen molar-refractivity contribution in [2.45, 2.75) is 77.9 Å². The van der Waals surface area contributed by atoms with Gasteiger partial charge in [-0.2, -0.15) is 0 Å². The molecule has 1 saturated heterocycles. The Morgan fingerprint density at radius 1 is 1.22 bits per heavy atom. The van der Waals surface area contributed by atoms with E-state index in [9.17, 15) is 5.11 Å². The van der Waals surface area contributed by atoms with Gasteiger partial charge in [0.2, 0.25) is 0 Å². The minimum atomic E-state index is -0.0805. The monoisotopic (exact) mass is 326 g/mol. The maximum Gasteiger partial charge on any atom is 0.191 e. The Labute approximate surface area is 142 Å². The van der Waals surface area contributed by atoms with Crippen LogP contribution in [0.1, 0.15) is 65.7 Å². The van der Waals surface area contributed by atoms with Crippen molar-refractivity contribution in [2.75, 3.05) is 32.7 Å². The molecule has 3 N–H and O–H groups in total. The van der Waals surface area contributed by atoms with Gasteiger partial charge >= 0.3 is 0 Å². The van der Waals surface area contributed by atoms with Crippen molar-refractivity contribution in [3.63, 3.8) is 0 Å². The molecule has 1 aliphatic rings. The van der Waals surface area contributed by atoms with Gasteiger partial charge in [0.1, 0.15) is 0 Å². The molecule has 0 amide bonds. The lowest BCUT2D eigenvalue weighted by Crippen LogP contribution is -2.42. The van der Waals surface area contributed by atoms with E-state index in [1.807, 2.05) is 0 Å². The minimum Gasteiger partial charge on any atom is -0.393 e. The quantitative estimate of drug-likeness (QED) is 0.328. The number of guanidine groups is 1. The molecule has 136 valence electrons. The van der Waals surface area contributed by atoms with Gasteiger partial charge in [-0.05, 0) is 46.1 Å². The zero-order valence-electron chi connectivity index (χ0n) is 15.5. The predicted molar refractivity (Wildman–Crippen MR) is 99.0 cm³/mol. The largest absolute Gasteiger partial charge is 0.393 e. The number of unbranched alkanes of at least 4 members (excludes halogenated alkanes) is 2. The molecule has 1 rings (SSSR count). The second-order valence-electron chi connectivity index (χ2n) is 6.73. The number of aliphatic hydroxyl groups is 1. The lowest BCUT2D eigenvalue weighted by Gasteiger charge is -2.29. The molecule has 1 aliphatic heterocycles. The fraction of sp³-hybridized carbons (Fsp3) is 0.944. The Hall–Kier alpha value is -0.810. The first-order valence-electron chi connectivity index (χ1n) is 9.61. The topological polar surface area (TPSA) is 59.9 Å². The van der Waals surface area contributed by atoms with Crippen LogP contribution in [0.25, 0.3) is 0 Å².